The smallest absolute Gasteiger partial charge is 0.407 e. The zero-order valence-corrected chi connectivity index (χ0v) is 23.4. The maximum Gasteiger partial charge on any atom is 0.407 e. The highest BCUT2D eigenvalue weighted by molar-refractivity contribution is 7.52. The van der Waals surface area contributed by atoms with E-state index in [1.54, 1.807) is 12.1 Å². The van der Waals surface area contributed by atoms with E-state index in [9.17, 15) is 28.7 Å². The van der Waals surface area contributed by atoms with E-state index in [1.807, 2.05) is 62.4 Å². The standard InChI is InChI=1S/C27H39N4O7P/c1-19(2)16-22(26(33)31-23(25(32)28-3)17-20-10-6-4-7-11-20)30-24(39(35,36)37)14-15-29-27(34)38-18-21-12-8-5-9-13-21/h4-13,19,22-24,30H,14-18H2,1-3H3,(H,28,32)(H,29,34)(H,31,33)(H2,35,36,37)/t22-,23-,24?/m0/s1. The lowest BCUT2D eigenvalue weighted by atomic mass is 10.0. The van der Waals surface area contributed by atoms with Gasteiger partial charge in [-0.1, -0.05) is 74.5 Å². The van der Waals surface area contributed by atoms with E-state index in [4.69, 9.17) is 4.74 Å². The quantitative estimate of drug-likeness (QED) is 0.180. The van der Waals surface area contributed by atoms with Crippen LogP contribution in [0.5, 0.6) is 0 Å². The molecule has 0 aromatic heterocycles. The summed E-state index contributed by atoms with van der Waals surface area (Å²) in [5, 5.41) is 10.5. The summed E-state index contributed by atoms with van der Waals surface area (Å²) in [7, 11) is -3.24. The van der Waals surface area contributed by atoms with Crippen molar-refractivity contribution in [1.29, 1.82) is 0 Å². The summed E-state index contributed by atoms with van der Waals surface area (Å²) in [5.74, 6) is -2.35. The molecule has 0 spiro atoms. The number of amides is 3. The molecule has 0 aliphatic heterocycles. The van der Waals surface area contributed by atoms with Gasteiger partial charge in [-0.05, 0) is 29.9 Å². The fraction of sp³-hybridized carbons (Fsp3) is 0.444. The highest BCUT2D eigenvalue weighted by atomic mass is 31.2. The number of hydrogen-bond donors (Lipinski definition) is 6. The number of ether oxygens (including phenoxy) is 1. The van der Waals surface area contributed by atoms with Crippen LogP contribution in [0.15, 0.2) is 60.7 Å². The molecule has 0 fully saturated rings. The molecule has 0 radical (unpaired) electrons. The lowest BCUT2D eigenvalue weighted by Gasteiger charge is -2.28. The van der Waals surface area contributed by atoms with Crippen LogP contribution in [0.1, 0.15) is 37.8 Å². The van der Waals surface area contributed by atoms with Crippen LogP contribution in [0.4, 0.5) is 4.79 Å². The number of alkyl carbamates (subject to hydrolysis) is 1. The number of carbonyl (C=O) groups excluding carboxylic acids is 3. The Morgan fingerprint density at radius 1 is 0.897 bits per heavy atom. The minimum Gasteiger partial charge on any atom is -0.445 e. The van der Waals surface area contributed by atoms with E-state index in [0.717, 1.165) is 11.1 Å². The number of benzene rings is 2. The molecule has 3 atom stereocenters. The summed E-state index contributed by atoms with van der Waals surface area (Å²) in [5.41, 5.74) is 1.64. The average molecular weight is 563 g/mol. The molecule has 39 heavy (non-hydrogen) atoms. The van der Waals surface area contributed by atoms with Crippen LogP contribution in [-0.4, -0.2) is 59.2 Å². The predicted molar refractivity (Wildman–Crippen MR) is 148 cm³/mol. The van der Waals surface area contributed by atoms with Crippen molar-refractivity contribution >= 4 is 25.5 Å². The minimum absolute atomic E-state index is 0.00401. The second-order valence-corrected chi connectivity index (χ2v) is 11.4. The fourth-order valence-electron chi connectivity index (χ4n) is 3.89. The van der Waals surface area contributed by atoms with Gasteiger partial charge in [-0.3, -0.25) is 19.5 Å². The molecule has 1 unspecified atom stereocenters. The molecule has 0 saturated carbocycles. The van der Waals surface area contributed by atoms with Crippen molar-refractivity contribution in [3.63, 3.8) is 0 Å². The van der Waals surface area contributed by atoms with E-state index < -0.39 is 37.5 Å². The van der Waals surface area contributed by atoms with Crippen LogP contribution in [-0.2, 0) is 31.9 Å². The molecule has 6 N–H and O–H groups in total. The predicted octanol–water partition coefficient (Wildman–Crippen LogP) is 2.28. The van der Waals surface area contributed by atoms with Crippen molar-refractivity contribution in [2.45, 2.75) is 57.6 Å². The number of carbonyl (C=O) groups is 3. The van der Waals surface area contributed by atoms with Crippen LogP contribution in [0.25, 0.3) is 0 Å². The Kier molecular flexibility index (Phi) is 13.1. The molecule has 0 aliphatic carbocycles. The molecule has 11 nitrogen and oxygen atoms in total. The number of hydrogen-bond acceptors (Lipinski definition) is 6. The maximum absolute atomic E-state index is 13.3. The first-order valence-corrected chi connectivity index (χ1v) is 14.5. The first kappa shape index (κ1) is 32.0. The van der Waals surface area contributed by atoms with Gasteiger partial charge in [-0.15, -0.1) is 0 Å². The van der Waals surface area contributed by atoms with Crippen molar-refractivity contribution in [3.8, 4) is 0 Å². The number of likely N-dealkylation sites (N-methyl/N-ethyl adjacent to an activating group) is 1. The van der Waals surface area contributed by atoms with Crippen LogP contribution in [0.3, 0.4) is 0 Å². The summed E-state index contributed by atoms with van der Waals surface area (Å²) in [4.78, 5) is 57.8. The summed E-state index contributed by atoms with van der Waals surface area (Å²) in [6.45, 7) is 3.71. The molecule has 0 bridgehead atoms. The molecule has 0 heterocycles. The van der Waals surface area contributed by atoms with Crippen molar-refractivity contribution in [1.82, 2.24) is 21.3 Å². The SMILES string of the molecule is CNC(=O)[C@H](Cc1ccccc1)NC(=O)[C@H](CC(C)C)NC(CCNC(=O)OCc1ccccc1)P(=O)(O)O. The Balaban J connectivity index is 2.03. The van der Waals surface area contributed by atoms with Crippen molar-refractivity contribution < 1.29 is 33.5 Å². The highest BCUT2D eigenvalue weighted by Gasteiger charge is 2.34. The molecule has 12 heteroatoms. The Hall–Kier alpha value is -3.24. The zero-order chi connectivity index (χ0) is 28.8. The summed E-state index contributed by atoms with van der Waals surface area (Å²) >= 11 is 0. The Morgan fingerprint density at radius 3 is 2.03 bits per heavy atom. The van der Waals surface area contributed by atoms with Crippen molar-refractivity contribution in [3.05, 3.63) is 71.8 Å². The largest absolute Gasteiger partial charge is 0.445 e. The van der Waals surface area contributed by atoms with Gasteiger partial charge in [0.05, 0.1) is 6.04 Å². The van der Waals surface area contributed by atoms with Gasteiger partial charge in [0.25, 0.3) is 0 Å². The molecule has 3 amide bonds. The molecular formula is C27H39N4O7P. The first-order chi connectivity index (χ1) is 18.5. The minimum atomic E-state index is -4.71. The van der Waals surface area contributed by atoms with Crippen molar-refractivity contribution in [2.75, 3.05) is 13.6 Å². The van der Waals surface area contributed by atoms with Gasteiger partial charge in [0.1, 0.15) is 18.4 Å². The third kappa shape index (κ3) is 12.0. The molecule has 2 aromatic carbocycles. The van der Waals surface area contributed by atoms with Crippen LogP contribution in [0, 0.1) is 5.92 Å². The molecule has 2 aromatic rings. The Bertz CT molecular complexity index is 1100. The van der Waals surface area contributed by atoms with E-state index >= 15 is 0 Å². The van der Waals surface area contributed by atoms with Crippen LogP contribution < -0.4 is 21.3 Å². The van der Waals surface area contributed by atoms with Gasteiger partial charge in [0.2, 0.25) is 11.8 Å². The molecule has 214 valence electrons. The average Bonchev–Trinajstić information content (AvgIpc) is 2.90. The Morgan fingerprint density at radius 2 is 1.49 bits per heavy atom. The summed E-state index contributed by atoms with van der Waals surface area (Å²) < 4.78 is 17.4. The van der Waals surface area contributed by atoms with E-state index in [1.165, 1.54) is 7.05 Å². The van der Waals surface area contributed by atoms with Gasteiger partial charge < -0.3 is 30.5 Å². The second-order valence-electron chi connectivity index (χ2n) is 9.60. The first-order valence-electron chi connectivity index (χ1n) is 12.8. The summed E-state index contributed by atoms with van der Waals surface area (Å²) in [6.07, 6.45) is -0.373. The number of rotatable bonds is 15. The second kappa shape index (κ2) is 16.0. The lowest BCUT2D eigenvalue weighted by molar-refractivity contribution is -0.130. The van der Waals surface area contributed by atoms with Gasteiger partial charge in [-0.2, -0.15) is 0 Å². The van der Waals surface area contributed by atoms with Gasteiger partial charge in [-0.25, -0.2) is 4.79 Å². The third-order valence-electron chi connectivity index (χ3n) is 5.89. The fourth-order valence-corrected chi connectivity index (χ4v) is 4.73. The molecule has 0 saturated heterocycles. The maximum atomic E-state index is 13.3. The molecule has 2 rings (SSSR count). The van der Waals surface area contributed by atoms with E-state index in [-0.39, 0.29) is 44.2 Å². The lowest BCUT2D eigenvalue weighted by Crippen LogP contribution is -2.55. The van der Waals surface area contributed by atoms with E-state index in [2.05, 4.69) is 21.3 Å². The molecule has 0 aliphatic rings. The topological polar surface area (TPSA) is 166 Å². The van der Waals surface area contributed by atoms with Crippen LogP contribution in [0.2, 0.25) is 0 Å². The third-order valence-corrected chi connectivity index (χ3v) is 7.10. The van der Waals surface area contributed by atoms with Gasteiger partial charge >= 0.3 is 13.7 Å². The highest BCUT2D eigenvalue weighted by Crippen LogP contribution is 2.41. The van der Waals surface area contributed by atoms with Gasteiger partial charge in [0.15, 0.2) is 0 Å². The monoisotopic (exact) mass is 562 g/mol. The number of nitrogens with one attached hydrogen (secondary N) is 4. The molecular weight excluding hydrogens is 523 g/mol. The van der Waals surface area contributed by atoms with E-state index in [0.29, 0.717) is 0 Å². The summed E-state index contributed by atoms with van der Waals surface area (Å²) in [6, 6.07) is 16.4. The van der Waals surface area contributed by atoms with Crippen molar-refractivity contribution in [2.24, 2.45) is 5.92 Å². The normalized spacial score (nSPS) is 13.7. The van der Waals surface area contributed by atoms with Gasteiger partial charge in [0, 0.05) is 20.0 Å². The Labute approximate surface area is 229 Å². The zero-order valence-electron chi connectivity index (χ0n) is 22.5. The van der Waals surface area contributed by atoms with Crippen LogP contribution >= 0.6 is 7.60 Å².